The summed E-state index contributed by atoms with van der Waals surface area (Å²) in [5.74, 6) is -0.509. The van der Waals surface area contributed by atoms with Gasteiger partial charge in [-0.15, -0.1) is 0 Å². The first-order chi connectivity index (χ1) is 17.9. The molecule has 1 N–H and O–H groups in total. The van der Waals surface area contributed by atoms with E-state index in [2.05, 4.69) is 44.3 Å². The SMILES string of the molecule is CCON1C(=O)C(c2c(F)cccc2Cl)=CCc2cnc(Nc3ccc(N4CCN(C)CC4)cc3)nc21. The van der Waals surface area contributed by atoms with Crippen molar-refractivity contribution in [2.75, 3.05) is 55.1 Å². The maximum Gasteiger partial charge on any atom is 0.284 e. The van der Waals surface area contributed by atoms with Crippen molar-refractivity contribution in [2.45, 2.75) is 13.3 Å². The zero-order valence-corrected chi connectivity index (χ0v) is 21.5. The zero-order chi connectivity index (χ0) is 25.9. The summed E-state index contributed by atoms with van der Waals surface area (Å²) in [6.45, 7) is 6.04. The number of carbonyl (C=O) groups excluding carboxylic acids is 1. The molecule has 0 unspecified atom stereocenters. The van der Waals surface area contributed by atoms with Gasteiger partial charge in [0.15, 0.2) is 5.82 Å². The highest BCUT2D eigenvalue weighted by atomic mass is 35.5. The van der Waals surface area contributed by atoms with Crippen LogP contribution in [0, 0.1) is 5.82 Å². The van der Waals surface area contributed by atoms with Crippen molar-refractivity contribution in [3.8, 4) is 0 Å². The predicted octanol–water partition coefficient (Wildman–Crippen LogP) is 4.69. The number of carbonyl (C=O) groups is 1. The number of anilines is 4. The molecule has 1 saturated heterocycles. The fourth-order valence-corrected chi connectivity index (χ4v) is 4.71. The molecular formula is C27H28ClFN6O2. The Hall–Kier alpha value is -3.53. The van der Waals surface area contributed by atoms with E-state index < -0.39 is 11.7 Å². The van der Waals surface area contributed by atoms with Gasteiger partial charge in [0.2, 0.25) is 5.95 Å². The third kappa shape index (κ3) is 5.29. The number of amides is 1. The maximum atomic E-state index is 14.7. The molecule has 2 aromatic carbocycles. The van der Waals surface area contributed by atoms with Crippen LogP contribution in [0.1, 0.15) is 18.1 Å². The van der Waals surface area contributed by atoms with E-state index in [1.165, 1.54) is 17.8 Å². The van der Waals surface area contributed by atoms with E-state index in [1.807, 2.05) is 12.1 Å². The molecule has 3 aromatic rings. The van der Waals surface area contributed by atoms with Crippen molar-refractivity contribution in [3.05, 3.63) is 76.7 Å². The number of nitrogens with zero attached hydrogens (tertiary/aromatic N) is 5. The monoisotopic (exact) mass is 522 g/mol. The molecule has 2 aliphatic rings. The van der Waals surface area contributed by atoms with E-state index in [0.29, 0.717) is 23.8 Å². The topological polar surface area (TPSA) is 73.8 Å². The normalized spacial score (nSPS) is 16.3. The first-order valence-electron chi connectivity index (χ1n) is 12.2. The summed E-state index contributed by atoms with van der Waals surface area (Å²) in [5, 5.41) is 4.46. The fourth-order valence-electron chi connectivity index (χ4n) is 4.45. The van der Waals surface area contributed by atoms with Crippen molar-refractivity contribution in [2.24, 2.45) is 0 Å². The van der Waals surface area contributed by atoms with Gasteiger partial charge in [0.25, 0.3) is 5.91 Å². The van der Waals surface area contributed by atoms with Crippen molar-refractivity contribution in [1.29, 1.82) is 0 Å². The van der Waals surface area contributed by atoms with E-state index in [-0.39, 0.29) is 22.8 Å². The Morgan fingerprint density at radius 1 is 1.11 bits per heavy atom. The highest BCUT2D eigenvalue weighted by molar-refractivity contribution is 6.36. The number of hydrogen-bond donors (Lipinski definition) is 1. The van der Waals surface area contributed by atoms with E-state index in [0.717, 1.165) is 36.9 Å². The smallest absolute Gasteiger partial charge is 0.284 e. The largest absolute Gasteiger partial charge is 0.369 e. The molecule has 5 rings (SSSR count). The van der Waals surface area contributed by atoms with Crippen LogP contribution in [0.3, 0.4) is 0 Å². The van der Waals surface area contributed by atoms with Gasteiger partial charge in [-0.1, -0.05) is 23.7 Å². The number of hydroxylamine groups is 1. The Morgan fingerprint density at radius 2 is 1.86 bits per heavy atom. The van der Waals surface area contributed by atoms with Crippen LogP contribution >= 0.6 is 11.6 Å². The third-order valence-electron chi connectivity index (χ3n) is 6.46. The molecule has 3 heterocycles. The molecule has 0 bridgehead atoms. The number of likely N-dealkylation sites (N-methyl/N-ethyl adjacent to an activating group) is 1. The van der Waals surface area contributed by atoms with Crippen LogP contribution in [0.4, 0.5) is 27.5 Å². The standard InChI is InChI=1S/C27H28ClFN6O2/c1-3-37-35-25-18(7-12-21(26(35)36)24-22(28)5-4-6-23(24)29)17-30-27(32-25)31-19-8-10-20(11-9-19)34-15-13-33(2)14-16-34/h4-6,8-12,17H,3,7,13-16H2,1-2H3,(H,30,31,32). The molecule has 192 valence electrons. The lowest BCUT2D eigenvalue weighted by Crippen LogP contribution is -2.44. The van der Waals surface area contributed by atoms with Gasteiger partial charge in [0.05, 0.1) is 17.2 Å². The van der Waals surface area contributed by atoms with Crippen molar-refractivity contribution >= 4 is 46.2 Å². The van der Waals surface area contributed by atoms with Crippen LogP contribution in [0.25, 0.3) is 5.57 Å². The van der Waals surface area contributed by atoms with Crippen LogP contribution in [0.15, 0.2) is 54.7 Å². The van der Waals surface area contributed by atoms with E-state index in [4.69, 9.17) is 16.4 Å². The highest BCUT2D eigenvalue weighted by Crippen LogP contribution is 2.34. The molecule has 0 saturated carbocycles. The molecule has 0 atom stereocenters. The van der Waals surface area contributed by atoms with Crippen LogP contribution in [0.2, 0.25) is 5.02 Å². The Labute approximate surface area is 220 Å². The Bertz CT molecular complexity index is 1300. The number of nitrogens with one attached hydrogen (secondary N) is 1. The molecule has 0 spiro atoms. The van der Waals surface area contributed by atoms with Gasteiger partial charge in [-0.2, -0.15) is 10.0 Å². The minimum atomic E-state index is -0.581. The molecule has 2 aliphatic heterocycles. The van der Waals surface area contributed by atoms with Gasteiger partial charge < -0.3 is 15.1 Å². The second-order valence-corrected chi connectivity index (χ2v) is 9.35. The third-order valence-corrected chi connectivity index (χ3v) is 6.77. The maximum absolute atomic E-state index is 14.7. The molecule has 10 heteroatoms. The second kappa shape index (κ2) is 10.8. The van der Waals surface area contributed by atoms with Crippen LogP contribution in [-0.2, 0) is 16.1 Å². The highest BCUT2D eigenvalue weighted by Gasteiger charge is 2.31. The lowest BCUT2D eigenvalue weighted by molar-refractivity contribution is -0.120. The van der Waals surface area contributed by atoms with E-state index in [9.17, 15) is 9.18 Å². The van der Waals surface area contributed by atoms with Gasteiger partial charge in [-0.25, -0.2) is 9.37 Å². The lowest BCUT2D eigenvalue weighted by Gasteiger charge is -2.34. The summed E-state index contributed by atoms with van der Waals surface area (Å²) in [5.41, 5.74) is 2.81. The molecule has 0 aliphatic carbocycles. The summed E-state index contributed by atoms with van der Waals surface area (Å²) in [6.07, 6.45) is 3.59. The van der Waals surface area contributed by atoms with E-state index >= 15 is 0 Å². The Morgan fingerprint density at radius 3 is 2.57 bits per heavy atom. The number of allylic oxidation sites excluding steroid dienone is 1. The summed E-state index contributed by atoms with van der Waals surface area (Å²) < 4.78 is 14.7. The Balaban J connectivity index is 1.39. The number of fused-ring (bicyclic) bond motifs is 1. The van der Waals surface area contributed by atoms with Crippen LogP contribution in [-0.4, -0.2) is 60.6 Å². The average molecular weight is 523 g/mol. The van der Waals surface area contributed by atoms with Gasteiger partial charge in [0.1, 0.15) is 5.82 Å². The summed E-state index contributed by atoms with van der Waals surface area (Å²) in [7, 11) is 2.14. The number of rotatable bonds is 6. The van der Waals surface area contributed by atoms with Gasteiger partial charge in [0, 0.05) is 54.9 Å². The van der Waals surface area contributed by atoms with Crippen molar-refractivity contribution in [3.63, 3.8) is 0 Å². The molecule has 1 fully saturated rings. The average Bonchev–Trinajstić information content (AvgIpc) is 3.02. The van der Waals surface area contributed by atoms with Gasteiger partial charge >= 0.3 is 0 Å². The number of halogens is 2. The second-order valence-electron chi connectivity index (χ2n) is 8.94. The lowest BCUT2D eigenvalue weighted by atomic mass is 10.0. The molecule has 0 radical (unpaired) electrons. The summed E-state index contributed by atoms with van der Waals surface area (Å²) >= 11 is 6.26. The molecule has 1 amide bonds. The fraction of sp³-hybridized carbons (Fsp3) is 0.296. The van der Waals surface area contributed by atoms with Crippen LogP contribution in [0.5, 0.6) is 0 Å². The van der Waals surface area contributed by atoms with E-state index in [1.54, 1.807) is 25.3 Å². The first kappa shape index (κ1) is 25.1. The predicted molar refractivity (Wildman–Crippen MR) is 144 cm³/mol. The number of piperazine rings is 1. The van der Waals surface area contributed by atoms with Crippen molar-refractivity contribution in [1.82, 2.24) is 14.9 Å². The minimum absolute atomic E-state index is 0.0402. The molecule has 8 nitrogen and oxygen atoms in total. The van der Waals surface area contributed by atoms with Crippen LogP contribution < -0.4 is 15.3 Å². The minimum Gasteiger partial charge on any atom is -0.369 e. The van der Waals surface area contributed by atoms with Gasteiger partial charge in [-0.05, 0) is 56.8 Å². The summed E-state index contributed by atoms with van der Waals surface area (Å²) in [6, 6.07) is 12.4. The summed E-state index contributed by atoms with van der Waals surface area (Å²) in [4.78, 5) is 32.9. The first-order valence-corrected chi connectivity index (χ1v) is 12.6. The molecule has 1 aromatic heterocycles. The molecule has 37 heavy (non-hydrogen) atoms. The quantitative estimate of drug-likeness (QED) is 0.503. The Kier molecular flexibility index (Phi) is 7.36. The number of hydrogen-bond acceptors (Lipinski definition) is 7. The zero-order valence-electron chi connectivity index (χ0n) is 20.7. The van der Waals surface area contributed by atoms with Gasteiger partial charge in [-0.3, -0.25) is 9.63 Å². The molecular weight excluding hydrogens is 495 g/mol. The number of benzene rings is 2. The van der Waals surface area contributed by atoms with Crippen molar-refractivity contribution < 1.29 is 14.0 Å². The number of aromatic nitrogens is 2.